The zero-order valence-corrected chi connectivity index (χ0v) is 11.4. The Morgan fingerprint density at radius 1 is 1.45 bits per heavy atom. The number of methoxy groups -OCH3 is 1. The molecule has 5 unspecified atom stereocenters. The maximum absolute atomic E-state index is 11.9. The first kappa shape index (κ1) is 13.6. The summed E-state index contributed by atoms with van der Waals surface area (Å²) in [5, 5.41) is 0. The molecule has 1 aliphatic heterocycles. The highest BCUT2D eigenvalue weighted by Gasteiger charge is 2.63. The summed E-state index contributed by atoms with van der Waals surface area (Å²) in [6, 6.07) is 0. The van der Waals surface area contributed by atoms with E-state index in [0.29, 0.717) is 0 Å². The molecule has 6 nitrogen and oxygen atoms in total. The summed E-state index contributed by atoms with van der Waals surface area (Å²) in [5.74, 6) is -0.143. The number of esters is 2. The minimum absolute atomic E-state index is 0.0215. The van der Waals surface area contributed by atoms with Gasteiger partial charge in [-0.3, -0.25) is 4.79 Å². The van der Waals surface area contributed by atoms with Gasteiger partial charge < -0.3 is 18.9 Å². The van der Waals surface area contributed by atoms with E-state index in [1.54, 1.807) is 0 Å². The van der Waals surface area contributed by atoms with Gasteiger partial charge >= 0.3 is 11.9 Å². The Hall–Kier alpha value is -1.40. The van der Waals surface area contributed by atoms with Crippen LogP contribution in [-0.4, -0.2) is 44.7 Å². The highest BCUT2D eigenvalue weighted by Crippen LogP contribution is 2.55. The van der Waals surface area contributed by atoms with Crippen molar-refractivity contribution in [3.63, 3.8) is 0 Å². The zero-order chi connectivity index (χ0) is 14.3. The van der Waals surface area contributed by atoms with Gasteiger partial charge in [-0.1, -0.05) is 6.58 Å². The molecule has 2 aliphatic carbocycles. The first-order valence-electron chi connectivity index (χ1n) is 6.77. The summed E-state index contributed by atoms with van der Waals surface area (Å²) in [5.41, 5.74) is 0.241. The lowest BCUT2D eigenvalue weighted by Gasteiger charge is -2.25. The van der Waals surface area contributed by atoms with Gasteiger partial charge in [0.15, 0.2) is 0 Å². The van der Waals surface area contributed by atoms with Crippen LogP contribution in [0.1, 0.15) is 12.8 Å². The lowest BCUT2D eigenvalue weighted by Crippen LogP contribution is -2.36. The largest absolute Gasteiger partial charge is 0.458 e. The van der Waals surface area contributed by atoms with E-state index in [1.807, 2.05) is 0 Å². The lowest BCUT2D eigenvalue weighted by atomic mass is 9.88. The van der Waals surface area contributed by atoms with Crippen LogP contribution in [0.3, 0.4) is 0 Å². The first-order chi connectivity index (χ1) is 9.61. The minimum atomic E-state index is -0.488. The predicted molar refractivity (Wildman–Crippen MR) is 66.4 cm³/mol. The monoisotopic (exact) mass is 282 g/mol. The van der Waals surface area contributed by atoms with Gasteiger partial charge in [0.25, 0.3) is 0 Å². The van der Waals surface area contributed by atoms with E-state index in [1.165, 1.54) is 7.11 Å². The molecule has 0 aromatic carbocycles. The third-order valence-electron chi connectivity index (χ3n) is 4.42. The number of rotatable bonds is 6. The zero-order valence-electron chi connectivity index (χ0n) is 11.4. The van der Waals surface area contributed by atoms with Gasteiger partial charge in [0.1, 0.15) is 19.0 Å². The Bertz CT molecular complexity index is 445. The fourth-order valence-electron chi connectivity index (χ4n) is 3.58. The van der Waals surface area contributed by atoms with E-state index < -0.39 is 5.97 Å². The number of carbonyl (C=O) groups excluding carboxylic acids is 2. The summed E-state index contributed by atoms with van der Waals surface area (Å²) in [6.45, 7) is 3.81. The van der Waals surface area contributed by atoms with E-state index in [0.717, 1.165) is 12.8 Å². The molecule has 2 bridgehead atoms. The molecule has 0 spiro atoms. The number of fused-ring (bicyclic) bond motifs is 1. The number of hydrogen-bond donors (Lipinski definition) is 0. The Balaban J connectivity index is 1.55. The molecule has 110 valence electrons. The molecule has 1 saturated heterocycles. The topological polar surface area (TPSA) is 71.1 Å². The van der Waals surface area contributed by atoms with Crippen LogP contribution in [0.4, 0.5) is 0 Å². The van der Waals surface area contributed by atoms with Crippen molar-refractivity contribution < 1.29 is 28.5 Å². The van der Waals surface area contributed by atoms with E-state index in [9.17, 15) is 9.59 Å². The van der Waals surface area contributed by atoms with Crippen molar-refractivity contribution in [3.05, 3.63) is 12.2 Å². The van der Waals surface area contributed by atoms with Crippen molar-refractivity contribution in [2.75, 3.05) is 20.5 Å². The number of hydrogen-bond acceptors (Lipinski definition) is 6. The average Bonchev–Trinajstić information content (AvgIpc) is 3.03. The molecule has 5 atom stereocenters. The van der Waals surface area contributed by atoms with Crippen molar-refractivity contribution in [3.8, 4) is 0 Å². The quantitative estimate of drug-likeness (QED) is 0.308. The molecule has 2 saturated carbocycles. The van der Waals surface area contributed by atoms with Crippen molar-refractivity contribution in [2.45, 2.75) is 25.0 Å². The maximum atomic E-state index is 11.9. The number of carbonyl (C=O) groups is 2. The van der Waals surface area contributed by atoms with Gasteiger partial charge in [0, 0.05) is 18.9 Å². The molecule has 3 fully saturated rings. The smallest absolute Gasteiger partial charge is 0.336 e. The second-order valence-corrected chi connectivity index (χ2v) is 5.63. The second kappa shape index (κ2) is 5.18. The van der Waals surface area contributed by atoms with Crippen LogP contribution in [0.5, 0.6) is 0 Å². The van der Waals surface area contributed by atoms with Gasteiger partial charge in [-0.15, -0.1) is 0 Å². The Kier molecular flexibility index (Phi) is 3.52. The van der Waals surface area contributed by atoms with Crippen LogP contribution in [-0.2, 0) is 28.5 Å². The molecule has 20 heavy (non-hydrogen) atoms. The van der Waals surface area contributed by atoms with Crippen LogP contribution in [0, 0.1) is 17.8 Å². The maximum Gasteiger partial charge on any atom is 0.336 e. The van der Waals surface area contributed by atoms with E-state index in [2.05, 4.69) is 6.58 Å². The predicted octanol–water partition coefficient (Wildman–Crippen LogP) is 0.656. The van der Waals surface area contributed by atoms with Gasteiger partial charge in [-0.2, -0.15) is 0 Å². The fourth-order valence-corrected chi connectivity index (χ4v) is 3.58. The fraction of sp³-hybridized carbons (Fsp3) is 0.714. The van der Waals surface area contributed by atoms with Gasteiger partial charge in [-0.25, -0.2) is 4.79 Å². The Morgan fingerprint density at radius 3 is 3.00 bits per heavy atom. The Labute approximate surface area is 117 Å². The first-order valence-corrected chi connectivity index (χ1v) is 6.77. The summed E-state index contributed by atoms with van der Waals surface area (Å²) in [4.78, 5) is 23.6. The standard InChI is InChI=1S/C14H18O6/c1-7(5-18-6-17-2)13(15)19-11-8-3-9-10(4-8)14(16)20-12(9)11/h8-12H,1,3-6H2,2H3. The summed E-state index contributed by atoms with van der Waals surface area (Å²) >= 11 is 0. The third-order valence-corrected chi connectivity index (χ3v) is 4.42. The van der Waals surface area contributed by atoms with Gasteiger partial charge in [-0.05, 0) is 12.8 Å². The van der Waals surface area contributed by atoms with Crippen LogP contribution in [0.15, 0.2) is 12.2 Å². The van der Waals surface area contributed by atoms with Crippen LogP contribution in [0.2, 0.25) is 0 Å². The van der Waals surface area contributed by atoms with Crippen molar-refractivity contribution in [2.24, 2.45) is 17.8 Å². The molecule has 1 heterocycles. The van der Waals surface area contributed by atoms with Gasteiger partial charge in [0.2, 0.25) is 0 Å². The average molecular weight is 282 g/mol. The lowest BCUT2D eigenvalue weighted by molar-refractivity contribution is -0.159. The summed E-state index contributed by atoms with van der Waals surface area (Å²) in [6.07, 6.45) is 1.09. The van der Waals surface area contributed by atoms with Crippen molar-refractivity contribution in [1.29, 1.82) is 0 Å². The van der Waals surface area contributed by atoms with E-state index in [-0.39, 0.29) is 54.9 Å². The van der Waals surface area contributed by atoms with Gasteiger partial charge in [0.05, 0.1) is 18.1 Å². The molecule has 0 amide bonds. The second-order valence-electron chi connectivity index (χ2n) is 5.63. The highest BCUT2D eigenvalue weighted by atomic mass is 16.7. The van der Waals surface area contributed by atoms with Crippen LogP contribution in [0.25, 0.3) is 0 Å². The summed E-state index contributed by atoms with van der Waals surface area (Å²) in [7, 11) is 1.50. The van der Waals surface area contributed by atoms with E-state index in [4.69, 9.17) is 18.9 Å². The summed E-state index contributed by atoms with van der Waals surface area (Å²) < 4.78 is 20.6. The molecule has 3 rings (SSSR count). The van der Waals surface area contributed by atoms with Crippen LogP contribution < -0.4 is 0 Å². The molecule has 0 aromatic heterocycles. The molecular weight excluding hydrogens is 264 g/mol. The molecule has 6 heteroatoms. The normalized spacial score (nSPS) is 37.0. The molecule has 3 aliphatic rings. The van der Waals surface area contributed by atoms with Crippen molar-refractivity contribution in [1.82, 2.24) is 0 Å². The minimum Gasteiger partial charge on any atom is -0.458 e. The van der Waals surface area contributed by atoms with E-state index >= 15 is 0 Å². The number of ether oxygens (including phenoxy) is 4. The van der Waals surface area contributed by atoms with Crippen LogP contribution >= 0.6 is 0 Å². The SMILES string of the molecule is C=C(COCOC)C(=O)OC1C2CC3C(=O)OC1C3C2. The third kappa shape index (κ3) is 2.13. The Morgan fingerprint density at radius 2 is 2.25 bits per heavy atom. The molecule has 0 N–H and O–H groups in total. The molecule has 0 aromatic rings. The highest BCUT2D eigenvalue weighted by molar-refractivity contribution is 5.88. The molecule has 0 radical (unpaired) electrons. The van der Waals surface area contributed by atoms with Crippen molar-refractivity contribution >= 4 is 11.9 Å². The molecular formula is C14H18O6.